The molecule has 0 spiro atoms. The fraction of sp³-hybridized carbons (Fsp3) is 0.964. The molecule has 0 aromatic carbocycles. The van der Waals surface area contributed by atoms with Crippen LogP contribution in [0.5, 0.6) is 0 Å². The first-order valence-electron chi connectivity index (χ1n) is 14.4. The van der Waals surface area contributed by atoms with Gasteiger partial charge in [-0.2, -0.15) is 0 Å². The summed E-state index contributed by atoms with van der Waals surface area (Å²) in [6.07, 6.45) is 23.6. The zero-order chi connectivity index (χ0) is 27.9. The lowest BCUT2D eigenvalue weighted by Gasteiger charge is -2.31. The molecule has 0 bridgehead atoms. The molecular formula is C28H60N2O5S. The molecule has 0 saturated heterocycles. The van der Waals surface area contributed by atoms with Gasteiger partial charge in [0.05, 0.1) is 31.3 Å². The molecular weight excluding hydrogens is 476 g/mol. The summed E-state index contributed by atoms with van der Waals surface area (Å²) in [7, 11) is 5.24. The normalized spacial score (nSPS) is 12.9. The molecule has 0 aliphatic carbocycles. The number of aliphatic carboxylic acids is 1. The van der Waals surface area contributed by atoms with E-state index in [0.29, 0.717) is 0 Å². The molecule has 0 amide bonds. The fourth-order valence-corrected chi connectivity index (χ4v) is 4.79. The summed E-state index contributed by atoms with van der Waals surface area (Å²) in [6, 6.07) is -0.688. The summed E-state index contributed by atoms with van der Waals surface area (Å²) in [4.78, 5) is 13.2. The molecule has 0 saturated carbocycles. The van der Waals surface area contributed by atoms with Gasteiger partial charge in [0.15, 0.2) is 6.04 Å². The molecule has 0 fully saturated rings. The highest BCUT2D eigenvalue weighted by molar-refractivity contribution is 7.85. The van der Waals surface area contributed by atoms with Crippen LogP contribution in [0.4, 0.5) is 0 Å². The van der Waals surface area contributed by atoms with E-state index in [1.54, 1.807) is 21.1 Å². The number of quaternary nitrogens is 1. The molecule has 1 atom stereocenters. The van der Waals surface area contributed by atoms with E-state index in [9.17, 15) is 17.8 Å². The number of nitrogens with zero attached hydrogens (tertiary/aromatic N) is 2. The number of unbranched alkanes of at least 4 members (excludes halogenated alkanes) is 15. The first-order valence-corrected chi connectivity index (χ1v) is 16.0. The molecule has 0 heterocycles. The van der Waals surface area contributed by atoms with Crippen LogP contribution >= 0.6 is 0 Å². The van der Waals surface area contributed by atoms with Gasteiger partial charge in [-0.3, -0.25) is 0 Å². The minimum atomic E-state index is -4.24. The van der Waals surface area contributed by atoms with E-state index in [-0.39, 0.29) is 17.3 Å². The first-order chi connectivity index (χ1) is 16.8. The van der Waals surface area contributed by atoms with Crippen molar-refractivity contribution in [1.82, 2.24) is 4.90 Å². The van der Waals surface area contributed by atoms with Crippen molar-refractivity contribution in [2.45, 2.75) is 129 Å². The van der Waals surface area contributed by atoms with Gasteiger partial charge in [0.2, 0.25) is 0 Å². The van der Waals surface area contributed by atoms with E-state index in [1.165, 1.54) is 109 Å². The SMILES string of the molecule is CCCCCCCCCCCCCCCCCCN(C)C.C[N+](C)(C)C(CCCS(=O)(=O)[O-])C(=O)O. The Balaban J connectivity index is 0. The topological polar surface area (TPSA) is 97.7 Å². The number of rotatable bonds is 23. The van der Waals surface area contributed by atoms with Gasteiger partial charge >= 0.3 is 5.97 Å². The van der Waals surface area contributed by atoms with Gasteiger partial charge in [0.1, 0.15) is 0 Å². The third-order valence-corrected chi connectivity index (χ3v) is 7.34. The molecule has 1 unspecified atom stereocenters. The van der Waals surface area contributed by atoms with Gasteiger partial charge in [-0.25, -0.2) is 13.2 Å². The van der Waals surface area contributed by atoms with E-state index in [4.69, 9.17) is 5.11 Å². The monoisotopic (exact) mass is 536 g/mol. The second kappa shape index (κ2) is 23.4. The highest BCUT2D eigenvalue weighted by Gasteiger charge is 2.30. The quantitative estimate of drug-likeness (QED) is 0.0937. The Bertz CT molecular complexity index is 604. The van der Waals surface area contributed by atoms with Crippen LogP contribution in [0.1, 0.15) is 122 Å². The average Bonchev–Trinajstić information content (AvgIpc) is 2.75. The molecule has 0 radical (unpaired) electrons. The number of hydrogen-bond donors (Lipinski definition) is 1. The van der Waals surface area contributed by atoms with Crippen LogP contribution in [-0.2, 0) is 14.9 Å². The molecule has 218 valence electrons. The predicted octanol–water partition coefficient (Wildman–Crippen LogP) is 6.28. The third-order valence-electron chi connectivity index (χ3n) is 6.55. The standard InChI is InChI=1S/C20H43N.C8H17NO5S/c1-4-5-6-7-8-9-10-11-12-13-14-15-16-17-18-19-20-21(2)3;1-9(2,3)7(8(10)11)5-4-6-15(12,13)14/h4-20H2,1-3H3;7H,4-6H2,1-3H3,(H-,10,11,12,13,14). The number of hydrogen-bond acceptors (Lipinski definition) is 5. The van der Waals surface area contributed by atoms with Gasteiger partial charge in [-0.1, -0.05) is 103 Å². The Hall–Kier alpha value is -0.700. The fourth-order valence-electron chi connectivity index (χ4n) is 4.27. The summed E-state index contributed by atoms with van der Waals surface area (Å²) in [6.45, 7) is 3.56. The molecule has 36 heavy (non-hydrogen) atoms. The number of carbonyl (C=O) groups is 1. The van der Waals surface area contributed by atoms with Gasteiger partial charge < -0.3 is 19.0 Å². The van der Waals surface area contributed by atoms with Gasteiger partial charge in [0, 0.05) is 12.2 Å². The van der Waals surface area contributed by atoms with Crippen LogP contribution in [0.3, 0.4) is 0 Å². The largest absolute Gasteiger partial charge is 0.748 e. The summed E-state index contributed by atoms with van der Waals surface area (Å²) in [5.74, 6) is -1.48. The molecule has 1 N–H and O–H groups in total. The molecule has 7 nitrogen and oxygen atoms in total. The molecule has 0 aliphatic heterocycles. The summed E-state index contributed by atoms with van der Waals surface area (Å²) < 4.78 is 31.2. The second-order valence-electron chi connectivity index (χ2n) is 11.5. The zero-order valence-corrected chi connectivity index (χ0v) is 25.4. The van der Waals surface area contributed by atoms with Gasteiger partial charge in [-0.15, -0.1) is 0 Å². The van der Waals surface area contributed by atoms with Crippen molar-refractivity contribution >= 4 is 16.1 Å². The van der Waals surface area contributed by atoms with E-state index in [2.05, 4.69) is 25.9 Å². The summed E-state index contributed by atoms with van der Waals surface area (Å²) in [5.41, 5.74) is 0. The average molecular weight is 537 g/mol. The van der Waals surface area contributed by atoms with Gasteiger partial charge in [-0.05, 0) is 33.5 Å². The van der Waals surface area contributed by atoms with E-state index in [0.717, 1.165) is 0 Å². The van der Waals surface area contributed by atoms with Crippen molar-refractivity contribution in [2.24, 2.45) is 0 Å². The van der Waals surface area contributed by atoms with Crippen LogP contribution in [0.15, 0.2) is 0 Å². The van der Waals surface area contributed by atoms with Crippen LogP contribution in [0.2, 0.25) is 0 Å². The Labute approximate surface area is 224 Å². The molecule has 0 aromatic heterocycles. The van der Waals surface area contributed by atoms with Crippen LogP contribution < -0.4 is 0 Å². The zero-order valence-electron chi connectivity index (χ0n) is 24.6. The smallest absolute Gasteiger partial charge is 0.362 e. The Morgan fingerprint density at radius 2 is 1.11 bits per heavy atom. The lowest BCUT2D eigenvalue weighted by molar-refractivity contribution is -0.887. The van der Waals surface area contributed by atoms with Crippen LogP contribution in [-0.4, -0.2) is 87.0 Å². The molecule has 0 rings (SSSR count). The molecule has 0 aliphatic rings. The Kier molecular flexibility index (Phi) is 24.4. The maximum absolute atomic E-state index is 10.9. The minimum absolute atomic E-state index is 0.0817. The molecule has 0 aromatic rings. The molecule has 8 heteroatoms. The summed E-state index contributed by atoms with van der Waals surface area (Å²) >= 11 is 0. The van der Waals surface area contributed by atoms with E-state index >= 15 is 0 Å². The minimum Gasteiger partial charge on any atom is -0.748 e. The van der Waals surface area contributed by atoms with E-state index < -0.39 is 27.9 Å². The lowest BCUT2D eigenvalue weighted by Crippen LogP contribution is -2.49. The third kappa shape index (κ3) is 29.5. The van der Waals surface area contributed by atoms with Gasteiger partial charge in [0.25, 0.3) is 0 Å². The number of likely N-dealkylation sites (N-methyl/N-ethyl adjacent to an activating group) is 1. The maximum atomic E-state index is 10.9. The number of carboxylic acids is 1. The van der Waals surface area contributed by atoms with Crippen molar-refractivity contribution in [1.29, 1.82) is 0 Å². The lowest BCUT2D eigenvalue weighted by atomic mass is 10.0. The number of carboxylic acid groups (broad SMARTS) is 1. The Morgan fingerprint density at radius 1 is 0.750 bits per heavy atom. The van der Waals surface area contributed by atoms with Crippen molar-refractivity contribution in [2.75, 3.05) is 47.5 Å². The van der Waals surface area contributed by atoms with Crippen LogP contribution in [0.25, 0.3) is 0 Å². The van der Waals surface area contributed by atoms with Crippen molar-refractivity contribution < 1.29 is 27.4 Å². The highest BCUT2D eigenvalue weighted by atomic mass is 32.2. The van der Waals surface area contributed by atoms with Crippen molar-refractivity contribution in [3.8, 4) is 0 Å². The maximum Gasteiger partial charge on any atom is 0.362 e. The summed E-state index contributed by atoms with van der Waals surface area (Å²) in [5, 5.41) is 8.90. The Morgan fingerprint density at radius 3 is 1.39 bits per heavy atom. The second-order valence-corrected chi connectivity index (χ2v) is 13.0. The van der Waals surface area contributed by atoms with Crippen molar-refractivity contribution in [3.63, 3.8) is 0 Å². The highest BCUT2D eigenvalue weighted by Crippen LogP contribution is 2.14. The van der Waals surface area contributed by atoms with Crippen LogP contribution in [0, 0.1) is 0 Å². The first kappa shape index (κ1) is 37.5. The predicted molar refractivity (Wildman–Crippen MR) is 151 cm³/mol. The van der Waals surface area contributed by atoms with Crippen molar-refractivity contribution in [3.05, 3.63) is 0 Å². The van der Waals surface area contributed by atoms with E-state index in [1.807, 2.05) is 0 Å².